The van der Waals surface area contributed by atoms with E-state index in [4.69, 9.17) is 15.8 Å². The fourth-order valence-electron chi connectivity index (χ4n) is 5.23. The summed E-state index contributed by atoms with van der Waals surface area (Å²) in [6.45, 7) is 6.06. The third-order valence-electron chi connectivity index (χ3n) is 7.44. The van der Waals surface area contributed by atoms with Gasteiger partial charge in [0, 0.05) is 42.8 Å². The Bertz CT molecular complexity index is 1430. The van der Waals surface area contributed by atoms with E-state index >= 15 is 0 Å². The predicted octanol–water partition coefficient (Wildman–Crippen LogP) is 3.69. The molecule has 0 spiro atoms. The topological polar surface area (TPSA) is 102 Å². The average Bonchev–Trinajstić information content (AvgIpc) is 3.52. The van der Waals surface area contributed by atoms with Gasteiger partial charge < -0.3 is 20.3 Å². The normalized spacial score (nSPS) is 19.5. The molecule has 0 bridgehead atoms. The van der Waals surface area contributed by atoms with Crippen molar-refractivity contribution in [2.45, 2.75) is 58.2 Å². The van der Waals surface area contributed by atoms with Crippen LogP contribution in [0.25, 0.3) is 27.9 Å². The number of carbonyl (C=O) groups is 1. The van der Waals surface area contributed by atoms with E-state index < -0.39 is 6.10 Å². The van der Waals surface area contributed by atoms with Crippen LogP contribution in [0, 0.1) is 12.8 Å². The van der Waals surface area contributed by atoms with Crippen LogP contribution in [0.15, 0.2) is 36.5 Å². The molecule has 4 aromatic rings. The lowest BCUT2D eigenvalue weighted by molar-refractivity contribution is 0.0708. The number of hydrogen-bond donors (Lipinski definition) is 2. The minimum absolute atomic E-state index is 0.00875. The monoisotopic (exact) mass is 472 g/mol. The lowest BCUT2D eigenvalue weighted by atomic mass is 10.1. The summed E-state index contributed by atoms with van der Waals surface area (Å²) < 4.78 is 4.09. The van der Waals surface area contributed by atoms with Crippen LogP contribution in [0.4, 0.5) is 0 Å². The summed E-state index contributed by atoms with van der Waals surface area (Å²) in [6.07, 6.45) is 5.58. The highest BCUT2D eigenvalue weighted by atomic mass is 16.3. The van der Waals surface area contributed by atoms with Crippen molar-refractivity contribution in [1.82, 2.24) is 24.1 Å². The van der Waals surface area contributed by atoms with Crippen LogP contribution in [-0.2, 0) is 6.54 Å². The van der Waals surface area contributed by atoms with Crippen molar-refractivity contribution in [2.24, 2.45) is 11.7 Å². The zero-order valence-electron chi connectivity index (χ0n) is 20.3. The van der Waals surface area contributed by atoms with Gasteiger partial charge in [0.2, 0.25) is 0 Å². The van der Waals surface area contributed by atoms with Gasteiger partial charge in [0.1, 0.15) is 11.3 Å². The molecule has 6 rings (SSSR count). The van der Waals surface area contributed by atoms with Gasteiger partial charge in [-0.2, -0.15) is 5.10 Å². The Kier molecular flexibility index (Phi) is 5.38. The van der Waals surface area contributed by atoms with Crippen LogP contribution in [0.2, 0.25) is 0 Å². The maximum atomic E-state index is 13.1. The first kappa shape index (κ1) is 22.2. The first-order valence-corrected chi connectivity index (χ1v) is 12.6. The summed E-state index contributed by atoms with van der Waals surface area (Å²) >= 11 is 0. The van der Waals surface area contributed by atoms with Gasteiger partial charge in [-0.25, -0.2) is 9.50 Å². The molecule has 8 nitrogen and oxygen atoms in total. The van der Waals surface area contributed by atoms with Crippen molar-refractivity contribution in [3.8, 4) is 11.4 Å². The first-order valence-electron chi connectivity index (χ1n) is 12.6. The molecular weight excluding hydrogens is 440 g/mol. The highest BCUT2D eigenvalue weighted by Crippen LogP contribution is 2.37. The van der Waals surface area contributed by atoms with E-state index in [2.05, 4.69) is 17.6 Å². The number of aliphatic hydroxyl groups excluding tert-OH is 1. The van der Waals surface area contributed by atoms with E-state index in [1.165, 1.54) is 12.8 Å². The third-order valence-corrected chi connectivity index (χ3v) is 7.44. The highest BCUT2D eigenvalue weighted by Gasteiger charge is 2.27. The first-order chi connectivity index (χ1) is 16.9. The maximum Gasteiger partial charge on any atom is 0.255 e. The minimum atomic E-state index is -0.616. The number of hydrogen-bond acceptors (Lipinski definition) is 5. The quantitative estimate of drug-likeness (QED) is 0.461. The van der Waals surface area contributed by atoms with Gasteiger partial charge in [-0.05, 0) is 75.8 Å². The van der Waals surface area contributed by atoms with Crippen LogP contribution < -0.4 is 5.73 Å². The van der Waals surface area contributed by atoms with Gasteiger partial charge in [0.25, 0.3) is 5.91 Å². The molecule has 4 aromatic heterocycles. The van der Waals surface area contributed by atoms with E-state index in [-0.39, 0.29) is 11.9 Å². The van der Waals surface area contributed by atoms with Crippen LogP contribution in [0.5, 0.6) is 0 Å². The van der Waals surface area contributed by atoms with E-state index in [1.54, 1.807) is 6.92 Å². The van der Waals surface area contributed by atoms with Crippen LogP contribution >= 0.6 is 0 Å². The number of carbonyl (C=O) groups excluding carboxylic acids is 1. The summed E-state index contributed by atoms with van der Waals surface area (Å²) in [5.41, 5.74) is 12.3. The smallest absolute Gasteiger partial charge is 0.255 e. The number of aliphatic hydroxyl groups is 1. The van der Waals surface area contributed by atoms with E-state index in [1.807, 2.05) is 39.9 Å². The second-order valence-corrected chi connectivity index (χ2v) is 10.3. The molecule has 0 radical (unpaired) electrons. The Morgan fingerprint density at radius 1 is 1.23 bits per heavy atom. The molecule has 2 fully saturated rings. The molecule has 2 atom stereocenters. The van der Waals surface area contributed by atoms with Gasteiger partial charge in [-0.1, -0.05) is 0 Å². The Hall–Kier alpha value is -3.23. The lowest BCUT2D eigenvalue weighted by Crippen LogP contribution is -2.45. The molecule has 0 aromatic carbocycles. The number of piperidine rings is 1. The standard InChI is InChI=1S/C27H32N6O2/c1-16-23-10-8-20(27(35)31-11-3-4-21(28)15-31)14-33(23)30-25(16)24-12-19-7-9-22(17(2)34)29-26(19)32(24)13-18-5-6-18/h7-10,12,14,17-18,21,34H,3-6,11,13,15,28H2,1-2H3/t17?,21-/m1/s1. The summed E-state index contributed by atoms with van der Waals surface area (Å²) in [5.74, 6) is 0.660. The molecule has 1 unspecified atom stereocenters. The summed E-state index contributed by atoms with van der Waals surface area (Å²) in [6, 6.07) is 9.99. The number of pyridine rings is 2. The Morgan fingerprint density at radius 2 is 2.06 bits per heavy atom. The van der Waals surface area contributed by atoms with E-state index in [0.29, 0.717) is 23.7 Å². The number of likely N-dealkylation sites (tertiary alicyclic amines) is 1. The lowest BCUT2D eigenvalue weighted by Gasteiger charge is -2.30. The molecule has 35 heavy (non-hydrogen) atoms. The molecule has 182 valence electrons. The molecular formula is C27H32N6O2. The molecule has 1 saturated heterocycles. The van der Waals surface area contributed by atoms with Crippen LogP contribution in [-0.4, -0.2) is 54.2 Å². The molecule has 5 heterocycles. The Labute approximate surface area is 204 Å². The number of aromatic nitrogens is 4. The van der Waals surface area contributed by atoms with Gasteiger partial charge in [-0.3, -0.25) is 4.79 Å². The van der Waals surface area contributed by atoms with Crippen LogP contribution in [0.3, 0.4) is 0 Å². The van der Waals surface area contributed by atoms with Gasteiger partial charge in [0.05, 0.1) is 28.6 Å². The Morgan fingerprint density at radius 3 is 2.80 bits per heavy atom. The Balaban J connectivity index is 1.43. The van der Waals surface area contributed by atoms with Crippen molar-refractivity contribution in [3.63, 3.8) is 0 Å². The summed E-state index contributed by atoms with van der Waals surface area (Å²) in [7, 11) is 0. The number of fused-ring (bicyclic) bond motifs is 2. The summed E-state index contributed by atoms with van der Waals surface area (Å²) in [4.78, 5) is 19.8. The molecule has 3 N–H and O–H groups in total. The van der Waals surface area contributed by atoms with Gasteiger partial charge in [-0.15, -0.1) is 0 Å². The average molecular weight is 473 g/mol. The third kappa shape index (κ3) is 4.00. The number of aryl methyl sites for hydroxylation is 1. The number of rotatable bonds is 5. The highest BCUT2D eigenvalue weighted by molar-refractivity contribution is 5.94. The summed E-state index contributed by atoms with van der Waals surface area (Å²) in [5, 5.41) is 16.1. The maximum absolute atomic E-state index is 13.1. The molecule has 1 saturated carbocycles. The number of nitrogens with zero attached hydrogens (tertiary/aromatic N) is 5. The molecule has 1 aliphatic carbocycles. The largest absolute Gasteiger partial charge is 0.387 e. The second-order valence-electron chi connectivity index (χ2n) is 10.3. The fraction of sp³-hybridized carbons (Fsp3) is 0.444. The zero-order chi connectivity index (χ0) is 24.3. The molecule has 8 heteroatoms. The molecule has 1 amide bonds. The SMILES string of the molecule is Cc1c(-c2cc3ccc(C(C)O)nc3n2CC2CC2)nn2cc(C(=O)N3CCC[C@@H](N)C3)ccc12. The van der Waals surface area contributed by atoms with Crippen molar-refractivity contribution in [1.29, 1.82) is 0 Å². The molecule has 1 aliphatic heterocycles. The van der Waals surface area contributed by atoms with Crippen molar-refractivity contribution in [2.75, 3.05) is 13.1 Å². The molecule has 2 aliphatic rings. The van der Waals surface area contributed by atoms with Gasteiger partial charge >= 0.3 is 0 Å². The van der Waals surface area contributed by atoms with Crippen LogP contribution in [0.1, 0.15) is 60.3 Å². The van der Waals surface area contributed by atoms with Crippen molar-refractivity contribution < 1.29 is 9.90 Å². The second kappa shape index (κ2) is 8.46. The van der Waals surface area contributed by atoms with Crippen molar-refractivity contribution in [3.05, 3.63) is 53.3 Å². The fourth-order valence-corrected chi connectivity index (χ4v) is 5.23. The zero-order valence-corrected chi connectivity index (χ0v) is 20.3. The van der Waals surface area contributed by atoms with E-state index in [9.17, 15) is 9.90 Å². The van der Waals surface area contributed by atoms with Gasteiger partial charge in [0.15, 0.2) is 0 Å². The minimum Gasteiger partial charge on any atom is -0.387 e. The predicted molar refractivity (Wildman–Crippen MR) is 135 cm³/mol. The number of amides is 1. The number of nitrogens with two attached hydrogens (primary N) is 1. The van der Waals surface area contributed by atoms with Crippen molar-refractivity contribution >= 4 is 22.5 Å². The van der Waals surface area contributed by atoms with E-state index in [0.717, 1.165) is 59.4 Å².